The van der Waals surface area contributed by atoms with Gasteiger partial charge < -0.3 is 10.1 Å². The number of ether oxygens (including phenoxy) is 1. The summed E-state index contributed by atoms with van der Waals surface area (Å²) in [5.74, 6) is 0.183. The summed E-state index contributed by atoms with van der Waals surface area (Å²) in [6.45, 7) is 0.142. The average molecular weight is 431 g/mol. The second kappa shape index (κ2) is 9.30. The van der Waals surface area contributed by atoms with Crippen LogP contribution in [-0.2, 0) is 14.8 Å². The van der Waals surface area contributed by atoms with Crippen molar-refractivity contribution in [1.29, 1.82) is 0 Å². The smallest absolute Gasteiger partial charge is 0.232 e. The van der Waals surface area contributed by atoms with Gasteiger partial charge in [-0.25, -0.2) is 8.42 Å². The number of anilines is 2. The Morgan fingerprint density at radius 2 is 1.78 bits per heavy atom. The van der Waals surface area contributed by atoms with Crippen molar-refractivity contribution in [2.45, 2.75) is 12.8 Å². The predicted molar refractivity (Wildman–Crippen MR) is 110 cm³/mol. The molecule has 27 heavy (non-hydrogen) atoms. The van der Waals surface area contributed by atoms with Crippen LogP contribution in [0.15, 0.2) is 42.5 Å². The van der Waals surface area contributed by atoms with Crippen molar-refractivity contribution < 1.29 is 17.9 Å². The molecule has 2 aromatic rings. The van der Waals surface area contributed by atoms with Crippen LogP contribution in [-0.4, -0.2) is 34.2 Å². The van der Waals surface area contributed by atoms with E-state index >= 15 is 0 Å². The molecule has 2 aromatic carbocycles. The summed E-state index contributed by atoms with van der Waals surface area (Å²) < 4.78 is 30.8. The highest BCUT2D eigenvalue weighted by Gasteiger charge is 2.20. The van der Waals surface area contributed by atoms with Crippen LogP contribution in [0.1, 0.15) is 12.8 Å². The Hall–Kier alpha value is -1.96. The summed E-state index contributed by atoms with van der Waals surface area (Å²) >= 11 is 11.8. The minimum atomic E-state index is -3.53. The molecule has 146 valence electrons. The minimum absolute atomic E-state index is 0.130. The molecule has 0 aliphatic rings. The Labute approximate surface area is 169 Å². The Morgan fingerprint density at radius 3 is 2.37 bits per heavy atom. The number of nitrogens with zero attached hydrogens (tertiary/aromatic N) is 1. The third-order valence-corrected chi connectivity index (χ3v) is 5.28. The van der Waals surface area contributed by atoms with Crippen molar-refractivity contribution >= 4 is 50.5 Å². The molecule has 0 aromatic heterocycles. The second-order valence-corrected chi connectivity index (χ2v) is 8.60. The van der Waals surface area contributed by atoms with E-state index in [-0.39, 0.29) is 18.9 Å². The number of halogens is 2. The van der Waals surface area contributed by atoms with Crippen LogP contribution in [0.25, 0.3) is 0 Å². The summed E-state index contributed by atoms with van der Waals surface area (Å²) in [5.41, 5.74) is 0.923. The molecule has 0 fully saturated rings. The van der Waals surface area contributed by atoms with E-state index in [2.05, 4.69) is 5.32 Å². The number of rotatable bonds is 8. The fourth-order valence-corrected chi connectivity index (χ4v) is 4.03. The van der Waals surface area contributed by atoms with Gasteiger partial charge in [-0.3, -0.25) is 9.10 Å². The number of nitrogens with one attached hydrogen (secondary N) is 1. The van der Waals surface area contributed by atoms with E-state index in [4.69, 9.17) is 27.9 Å². The van der Waals surface area contributed by atoms with Gasteiger partial charge in [0, 0.05) is 28.7 Å². The molecule has 0 aliphatic heterocycles. The van der Waals surface area contributed by atoms with Crippen LogP contribution in [0, 0.1) is 0 Å². The van der Waals surface area contributed by atoms with E-state index in [1.165, 1.54) is 11.4 Å². The van der Waals surface area contributed by atoms with Crippen molar-refractivity contribution in [2.24, 2.45) is 0 Å². The van der Waals surface area contributed by atoms with E-state index in [1.807, 2.05) is 0 Å². The molecule has 0 atom stereocenters. The van der Waals surface area contributed by atoms with Gasteiger partial charge in [0.2, 0.25) is 15.9 Å². The molecule has 2 rings (SSSR count). The summed E-state index contributed by atoms with van der Waals surface area (Å²) in [5, 5.41) is 3.53. The highest BCUT2D eigenvalue weighted by atomic mass is 35.5. The molecule has 9 heteroatoms. The molecular formula is C18H20Cl2N2O4S. The van der Waals surface area contributed by atoms with E-state index in [0.717, 1.165) is 6.26 Å². The van der Waals surface area contributed by atoms with E-state index in [0.29, 0.717) is 33.6 Å². The molecule has 0 unspecified atom stereocenters. The second-order valence-electron chi connectivity index (χ2n) is 5.82. The Kier molecular flexibility index (Phi) is 7.35. The van der Waals surface area contributed by atoms with E-state index < -0.39 is 10.0 Å². The highest BCUT2D eigenvalue weighted by Crippen LogP contribution is 2.29. The molecule has 0 heterocycles. The van der Waals surface area contributed by atoms with Crippen molar-refractivity contribution in [1.82, 2.24) is 0 Å². The van der Waals surface area contributed by atoms with Crippen LogP contribution in [0.2, 0.25) is 10.0 Å². The van der Waals surface area contributed by atoms with Crippen LogP contribution in [0.3, 0.4) is 0 Å². The minimum Gasteiger partial charge on any atom is -0.495 e. The van der Waals surface area contributed by atoms with Crippen molar-refractivity contribution in [2.75, 3.05) is 29.5 Å². The topological polar surface area (TPSA) is 75.7 Å². The molecule has 0 saturated carbocycles. The lowest BCUT2D eigenvalue weighted by Crippen LogP contribution is -2.31. The molecule has 0 bridgehead atoms. The molecular weight excluding hydrogens is 411 g/mol. The fraction of sp³-hybridized carbons (Fsp3) is 0.278. The lowest BCUT2D eigenvalue weighted by atomic mass is 10.2. The van der Waals surface area contributed by atoms with Crippen LogP contribution >= 0.6 is 23.2 Å². The molecule has 1 N–H and O–H groups in total. The number of carbonyl (C=O) groups is 1. The van der Waals surface area contributed by atoms with E-state index in [9.17, 15) is 13.2 Å². The number of sulfonamides is 1. The lowest BCUT2D eigenvalue weighted by molar-refractivity contribution is -0.116. The third kappa shape index (κ3) is 6.30. The van der Waals surface area contributed by atoms with Gasteiger partial charge in [-0.15, -0.1) is 0 Å². The Bertz CT molecular complexity index is 899. The molecule has 1 amide bonds. The summed E-state index contributed by atoms with van der Waals surface area (Å²) in [6, 6.07) is 11.6. The number of hydrogen-bond acceptors (Lipinski definition) is 4. The first-order chi connectivity index (χ1) is 12.7. The van der Waals surface area contributed by atoms with Gasteiger partial charge in [0.15, 0.2) is 0 Å². The van der Waals surface area contributed by atoms with Gasteiger partial charge in [0.1, 0.15) is 5.75 Å². The Morgan fingerprint density at radius 1 is 1.15 bits per heavy atom. The zero-order valence-electron chi connectivity index (χ0n) is 14.9. The number of amides is 1. The third-order valence-electron chi connectivity index (χ3n) is 3.67. The van der Waals surface area contributed by atoms with Crippen LogP contribution < -0.4 is 14.4 Å². The van der Waals surface area contributed by atoms with Crippen LogP contribution in [0.5, 0.6) is 5.75 Å². The van der Waals surface area contributed by atoms with Crippen molar-refractivity contribution in [3.05, 3.63) is 52.5 Å². The number of benzene rings is 2. The summed E-state index contributed by atoms with van der Waals surface area (Å²) in [6.07, 6.45) is 1.57. The average Bonchev–Trinajstić information content (AvgIpc) is 2.56. The number of carbonyl (C=O) groups excluding carboxylic acids is 1. The quantitative estimate of drug-likeness (QED) is 0.680. The fourth-order valence-electron chi connectivity index (χ4n) is 2.53. The number of para-hydroxylation sites is 2. The monoisotopic (exact) mass is 430 g/mol. The van der Waals surface area contributed by atoms with Gasteiger partial charge in [0.05, 0.1) is 19.1 Å². The summed E-state index contributed by atoms with van der Waals surface area (Å²) in [7, 11) is -2.06. The van der Waals surface area contributed by atoms with Gasteiger partial charge >= 0.3 is 0 Å². The highest BCUT2D eigenvalue weighted by molar-refractivity contribution is 7.92. The maximum absolute atomic E-state index is 12.2. The Balaban J connectivity index is 2.02. The lowest BCUT2D eigenvalue weighted by Gasteiger charge is -2.24. The standard InChI is InChI=1S/C18H20Cl2N2O4S/c1-26-17-7-4-3-6-16(17)22(27(2,24)25)9-5-8-18(23)21-15-11-13(19)10-14(20)12-15/h3-4,6-7,10-12H,5,8-9H2,1-2H3,(H,21,23). The van der Waals surface area contributed by atoms with Gasteiger partial charge in [0.25, 0.3) is 0 Å². The first-order valence-electron chi connectivity index (χ1n) is 8.07. The largest absolute Gasteiger partial charge is 0.495 e. The van der Waals surface area contributed by atoms with Gasteiger partial charge in [-0.1, -0.05) is 35.3 Å². The first kappa shape index (κ1) is 21.3. The maximum atomic E-state index is 12.2. The molecule has 0 saturated heterocycles. The van der Waals surface area contributed by atoms with Gasteiger partial charge in [-0.2, -0.15) is 0 Å². The molecule has 0 radical (unpaired) electrons. The van der Waals surface area contributed by atoms with Crippen molar-refractivity contribution in [3.63, 3.8) is 0 Å². The zero-order chi connectivity index (χ0) is 20.0. The summed E-state index contributed by atoms with van der Waals surface area (Å²) in [4.78, 5) is 12.1. The van der Waals surface area contributed by atoms with Crippen LogP contribution in [0.4, 0.5) is 11.4 Å². The first-order valence-corrected chi connectivity index (χ1v) is 10.7. The van der Waals surface area contributed by atoms with Gasteiger partial charge in [-0.05, 0) is 36.8 Å². The zero-order valence-corrected chi connectivity index (χ0v) is 17.2. The number of hydrogen-bond donors (Lipinski definition) is 1. The van der Waals surface area contributed by atoms with Crippen molar-refractivity contribution in [3.8, 4) is 5.75 Å². The molecule has 0 aliphatic carbocycles. The predicted octanol–water partition coefficient (Wildman–Crippen LogP) is 4.19. The van der Waals surface area contributed by atoms with E-state index in [1.54, 1.807) is 42.5 Å². The SMILES string of the molecule is COc1ccccc1N(CCCC(=O)Nc1cc(Cl)cc(Cl)c1)S(C)(=O)=O. The normalized spacial score (nSPS) is 11.1. The molecule has 0 spiro atoms. The maximum Gasteiger partial charge on any atom is 0.232 e. The number of methoxy groups -OCH3 is 1. The molecule has 6 nitrogen and oxygen atoms in total.